The number of aromatic amines is 1. The van der Waals surface area contributed by atoms with E-state index in [2.05, 4.69) is 34.4 Å². The number of hydrogen-bond donors (Lipinski definition) is 3. The Morgan fingerprint density at radius 1 is 1.39 bits per heavy atom. The molecule has 1 aliphatic heterocycles. The van der Waals surface area contributed by atoms with Crippen LogP contribution in [0.5, 0.6) is 0 Å². The summed E-state index contributed by atoms with van der Waals surface area (Å²) < 4.78 is 0. The van der Waals surface area contributed by atoms with E-state index in [0.29, 0.717) is 24.1 Å². The van der Waals surface area contributed by atoms with Crippen molar-refractivity contribution in [1.82, 2.24) is 20.5 Å². The van der Waals surface area contributed by atoms with E-state index in [1.54, 1.807) is 0 Å². The molecule has 0 saturated carbocycles. The molecule has 0 aromatic carbocycles. The summed E-state index contributed by atoms with van der Waals surface area (Å²) in [4.78, 5) is 29.0. The van der Waals surface area contributed by atoms with E-state index in [-0.39, 0.29) is 18.1 Å². The fraction of sp³-hybridized carbons (Fsp3) is 0.647. The summed E-state index contributed by atoms with van der Waals surface area (Å²) in [7, 11) is 0. The van der Waals surface area contributed by atoms with Crippen LogP contribution in [0.3, 0.4) is 0 Å². The van der Waals surface area contributed by atoms with Crippen molar-refractivity contribution in [3.8, 4) is 0 Å². The van der Waals surface area contributed by atoms with Crippen molar-refractivity contribution in [2.45, 2.75) is 46.7 Å². The monoisotopic (exact) mass is 320 g/mol. The summed E-state index contributed by atoms with van der Waals surface area (Å²) in [5, 5.41) is 5.69. The molecule has 1 saturated heterocycles. The second-order valence-corrected chi connectivity index (χ2v) is 6.75. The van der Waals surface area contributed by atoms with Gasteiger partial charge in [0.1, 0.15) is 0 Å². The van der Waals surface area contributed by atoms with E-state index < -0.39 is 0 Å². The van der Waals surface area contributed by atoms with Crippen LogP contribution in [-0.4, -0.2) is 41.6 Å². The van der Waals surface area contributed by atoms with Crippen LogP contribution in [-0.2, 0) is 6.54 Å². The first-order valence-electron chi connectivity index (χ1n) is 8.32. The third-order valence-corrected chi connectivity index (χ3v) is 4.52. The minimum atomic E-state index is -0.215. The van der Waals surface area contributed by atoms with Gasteiger partial charge in [-0.15, -0.1) is 0 Å². The van der Waals surface area contributed by atoms with E-state index in [4.69, 9.17) is 0 Å². The van der Waals surface area contributed by atoms with Crippen LogP contribution in [0.2, 0.25) is 0 Å². The van der Waals surface area contributed by atoms with Gasteiger partial charge in [0.15, 0.2) is 0 Å². The average Bonchev–Trinajstić information content (AvgIpc) is 2.93. The molecule has 1 fully saturated rings. The predicted octanol–water partition coefficient (Wildman–Crippen LogP) is 1.52. The summed E-state index contributed by atoms with van der Waals surface area (Å²) in [5.74, 6) is 0.507. The van der Waals surface area contributed by atoms with Crippen LogP contribution in [0.15, 0.2) is 10.9 Å². The van der Waals surface area contributed by atoms with Gasteiger partial charge >= 0.3 is 6.03 Å². The number of hydrogen-bond acceptors (Lipinski definition) is 3. The van der Waals surface area contributed by atoms with Gasteiger partial charge in [0, 0.05) is 30.4 Å². The second kappa shape index (κ2) is 7.64. The maximum atomic E-state index is 11.9. The van der Waals surface area contributed by atoms with Crippen LogP contribution in [0.4, 0.5) is 4.79 Å². The summed E-state index contributed by atoms with van der Waals surface area (Å²) in [6, 6.07) is 2.26. The first-order valence-corrected chi connectivity index (χ1v) is 8.32. The maximum Gasteiger partial charge on any atom is 0.315 e. The smallest absolute Gasteiger partial charge is 0.315 e. The highest BCUT2D eigenvalue weighted by Crippen LogP contribution is 2.17. The lowest BCUT2D eigenvalue weighted by Crippen LogP contribution is -2.39. The number of likely N-dealkylation sites (tertiary alicyclic amines) is 1. The largest absolute Gasteiger partial charge is 0.338 e. The van der Waals surface area contributed by atoms with E-state index in [9.17, 15) is 9.59 Å². The number of carbonyl (C=O) groups is 1. The Morgan fingerprint density at radius 2 is 2.13 bits per heavy atom. The van der Waals surface area contributed by atoms with Crippen molar-refractivity contribution < 1.29 is 4.79 Å². The van der Waals surface area contributed by atoms with Gasteiger partial charge in [-0.1, -0.05) is 0 Å². The van der Waals surface area contributed by atoms with Crippen molar-refractivity contribution in [1.29, 1.82) is 0 Å². The van der Waals surface area contributed by atoms with E-state index in [1.165, 1.54) is 0 Å². The minimum Gasteiger partial charge on any atom is -0.338 e. The maximum absolute atomic E-state index is 11.9. The number of pyridine rings is 1. The Hall–Kier alpha value is -1.82. The highest BCUT2D eigenvalue weighted by Gasteiger charge is 2.24. The highest BCUT2D eigenvalue weighted by molar-refractivity contribution is 5.73. The van der Waals surface area contributed by atoms with Crippen molar-refractivity contribution in [2.24, 2.45) is 5.92 Å². The normalized spacial score (nSPS) is 18.4. The number of aryl methyl sites for hydroxylation is 2. The number of rotatable bonds is 5. The second-order valence-electron chi connectivity index (χ2n) is 6.75. The van der Waals surface area contributed by atoms with Gasteiger partial charge in [-0.2, -0.15) is 0 Å². The number of nitrogens with zero attached hydrogens (tertiary/aromatic N) is 1. The van der Waals surface area contributed by atoms with Crippen molar-refractivity contribution >= 4 is 6.03 Å². The van der Waals surface area contributed by atoms with Gasteiger partial charge in [0.25, 0.3) is 5.56 Å². The molecule has 1 aliphatic rings. The lowest BCUT2D eigenvalue weighted by atomic mass is 10.1. The fourth-order valence-electron chi connectivity index (χ4n) is 3.07. The van der Waals surface area contributed by atoms with Gasteiger partial charge in [0.2, 0.25) is 0 Å². The number of H-pyrrole nitrogens is 1. The Labute approximate surface area is 137 Å². The van der Waals surface area contributed by atoms with Crippen LogP contribution < -0.4 is 16.2 Å². The molecular weight excluding hydrogens is 292 g/mol. The van der Waals surface area contributed by atoms with Crippen LogP contribution >= 0.6 is 0 Å². The Bertz CT molecular complexity index is 609. The number of urea groups is 1. The van der Waals surface area contributed by atoms with Gasteiger partial charge in [-0.05, 0) is 58.2 Å². The van der Waals surface area contributed by atoms with Gasteiger partial charge in [0.05, 0.1) is 6.54 Å². The summed E-state index contributed by atoms with van der Waals surface area (Å²) >= 11 is 0. The molecule has 1 atom stereocenters. The molecule has 2 rings (SSSR count). The molecule has 23 heavy (non-hydrogen) atoms. The zero-order valence-corrected chi connectivity index (χ0v) is 14.5. The third-order valence-electron chi connectivity index (χ3n) is 4.52. The number of aromatic nitrogens is 1. The number of amides is 2. The molecule has 6 heteroatoms. The number of carbonyl (C=O) groups excluding carboxylic acids is 1. The topological polar surface area (TPSA) is 77.2 Å². The van der Waals surface area contributed by atoms with E-state index in [1.807, 2.05) is 19.9 Å². The van der Waals surface area contributed by atoms with E-state index in [0.717, 1.165) is 30.8 Å². The molecule has 0 aliphatic carbocycles. The molecule has 2 heterocycles. The molecule has 2 amide bonds. The Balaban J connectivity index is 1.77. The van der Waals surface area contributed by atoms with Gasteiger partial charge in [-0.25, -0.2) is 4.79 Å². The molecule has 0 bridgehead atoms. The lowest BCUT2D eigenvalue weighted by Gasteiger charge is -2.20. The van der Waals surface area contributed by atoms with Crippen molar-refractivity contribution in [3.63, 3.8) is 0 Å². The Morgan fingerprint density at radius 3 is 2.74 bits per heavy atom. The van der Waals surface area contributed by atoms with Crippen LogP contribution in [0.25, 0.3) is 0 Å². The van der Waals surface area contributed by atoms with Gasteiger partial charge < -0.3 is 20.5 Å². The molecule has 128 valence electrons. The van der Waals surface area contributed by atoms with Gasteiger partial charge in [-0.3, -0.25) is 4.79 Å². The molecule has 1 aromatic rings. The molecular formula is C17H28N4O2. The SMILES string of the molecule is Cc1cc(C)c(CNC(=O)NC[C@@H]2CCN(C(C)C)C2)c(=O)[nH]1. The number of nitrogens with one attached hydrogen (secondary N) is 3. The van der Waals surface area contributed by atoms with E-state index >= 15 is 0 Å². The van der Waals surface area contributed by atoms with Crippen molar-refractivity contribution in [2.75, 3.05) is 19.6 Å². The standard InChI is InChI=1S/C17H28N4O2/c1-11(2)21-6-5-14(10-21)8-18-17(23)19-9-15-12(3)7-13(4)20-16(15)22/h7,11,14H,5-6,8-10H2,1-4H3,(H,20,22)(H2,18,19,23)/t14-/m0/s1. The predicted molar refractivity (Wildman–Crippen MR) is 91.6 cm³/mol. The summed E-state index contributed by atoms with van der Waals surface area (Å²) in [6.45, 7) is 11.2. The minimum absolute atomic E-state index is 0.133. The summed E-state index contributed by atoms with van der Waals surface area (Å²) in [6.07, 6.45) is 1.12. The molecule has 1 aromatic heterocycles. The van der Waals surface area contributed by atoms with Crippen molar-refractivity contribution in [3.05, 3.63) is 33.2 Å². The average molecular weight is 320 g/mol. The molecule has 0 unspecified atom stereocenters. The zero-order valence-electron chi connectivity index (χ0n) is 14.5. The highest BCUT2D eigenvalue weighted by atomic mass is 16.2. The third kappa shape index (κ3) is 4.82. The van der Waals surface area contributed by atoms with Crippen LogP contribution in [0, 0.1) is 19.8 Å². The molecule has 6 nitrogen and oxygen atoms in total. The Kier molecular flexibility index (Phi) is 5.82. The molecule has 0 radical (unpaired) electrons. The summed E-state index contributed by atoms with van der Waals surface area (Å²) in [5.41, 5.74) is 2.20. The zero-order chi connectivity index (χ0) is 17.0. The lowest BCUT2D eigenvalue weighted by molar-refractivity contribution is 0.236. The first kappa shape index (κ1) is 17.5. The molecule has 0 spiro atoms. The quantitative estimate of drug-likeness (QED) is 0.770. The molecule has 3 N–H and O–H groups in total. The fourth-order valence-corrected chi connectivity index (χ4v) is 3.07. The first-order chi connectivity index (χ1) is 10.9. The van der Waals surface area contributed by atoms with Crippen LogP contribution in [0.1, 0.15) is 37.1 Å².